The summed E-state index contributed by atoms with van der Waals surface area (Å²) in [6.45, 7) is 9.69. The van der Waals surface area contributed by atoms with Crippen LogP contribution in [0.3, 0.4) is 0 Å². The standard InChI is InChI=1S/C28H48O3/c1-19(10-14-26(2,31)13-5-17-29)23-8-9-24-22-7-6-20-18-21(30)11-15-27(20,3)25(22)12-16-28(23,24)4/h6,19,21-25,29-31H,5,7-18H2,1-4H3. The van der Waals surface area contributed by atoms with Gasteiger partial charge in [-0.2, -0.15) is 0 Å². The molecule has 0 bridgehead atoms. The minimum absolute atomic E-state index is 0.115. The van der Waals surface area contributed by atoms with Crippen molar-refractivity contribution in [3.8, 4) is 0 Å². The molecule has 3 saturated carbocycles. The van der Waals surface area contributed by atoms with Crippen molar-refractivity contribution in [1.29, 1.82) is 0 Å². The Morgan fingerprint density at radius 3 is 2.61 bits per heavy atom. The summed E-state index contributed by atoms with van der Waals surface area (Å²) >= 11 is 0. The first-order valence-corrected chi connectivity index (χ1v) is 13.3. The molecule has 0 saturated heterocycles. The Morgan fingerprint density at radius 2 is 1.87 bits per heavy atom. The van der Waals surface area contributed by atoms with Gasteiger partial charge < -0.3 is 15.3 Å². The molecule has 4 aliphatic carbocycles. The van der Waals surface area contributed by atoms with Crippen LogP contribution in [0.5, 0.6) is 0 Å². The highest BCUT2D eigenvalue weighted by Crippen LogP contribution is 2.67. The van der Waals surface area contributed by atoms with Crippen LogP contribution in [-0.2, 0) is 0 Å². The minimum Gasteiger partial charge on any atom is -0.396 e. The van der Waals surface area contributed by atoms with E-state index in [4.69, 9.17) is 5.11 Å². The van der Waals surface area contributed by atoms with Gasteiger partial charge in [-0.05, 0) is 124 Å². The van der Waals surface area contributed by atoms with Gasteiger partial charge in [-0.25, -0.2) is 0 Å². The lowest BCUT2D eigenvalue weighted by Crippen LogP contribution is -2.50. The smallest absolute Gasteiger partial charge is 0.0620 e. The van der Waals surface area contributed by atoms with Gasteiger partial charge in [0, 0.05) is 6.61 Å². The molecule has 4 aliphatic rings. The first-order valence-electron chi connectivity index (χ1n) is 13.3. The van der Waals surface area contributed by atoms with E-state index in [0.717, 1.165) is 49.4 Å². The number of aliphatic hydroxyl groups is 3. The van der Waals surface area contributed by atoms with Gasteiger partial charge in [-0.1, -0.05) is 32.4 Å². The Hall–Kier alpha value is -0.380. The van der Waals surface area contributed by atoms with Gasteiger partial charge in [0.1, 0.15) is 0 Å². The molecule has 0 aliphatic heterocycles. The maximum atomic E-state index is 10.7. The van der Waals surface area contributed by atoms with E-state index < -0.39 is 5.60 Å². The van der Waals surface area contributed by atoms with Crippen molar-refractivity contribution in [2.24, 2.45) is 40.4 Å². The van der Waals surface area contributed by atoms with Crippen LogP contribution in [-0.4, -0.2) is 33.6 Å². The predicted molar refractivity (Wildman–Crippen MR) is 127 cm³/mol. The SMILES string of the molecule is CC(CCC(C)(O)CCCO)C1CCC2C3CC=C4CC(O)CCC4(C)C3CCC12C. The lowest BCUT2D eigenvalue weighted by atomic mass is 9.47. The quantitative estimate of drug-likeness (QED) is 0.441. The molecule has 9 atom stereocenters. The average molecular weight is 433 g/mol. The van der Waals surface area contributed by atoms with Crippen LogP contribution in [0.1, 0.15) is 105 Å². The van der Waals surface area contributed by atoms with Crippen LogP contribution in [0, 0.1) is 40.4 Å². The summed E-state index contributed by atoms with van der Waals surface area (Å²) < 4.78 is 0. The van der Waals surface area contributed by atoms with E-state index in [-0.39, 0.29) is 12.7 Å². The summed E-state index contributed by atoms with van der Waals surface area (Å²) in [5, 5.41) is 30.1. The average Bonchev–Trinajstić information content (AvgIpc) is 3.08. The van der Waals surface area contributed by atoms with Crippen LogP contribution < -0.4 is 0 Å². The highest BCUT2D eigenvalue weighted by molar-refractivity contribution is 5.25. The largest absolute Gasteiger partial charge is 0.396 e. The van der Waals surface area contributed by atoms with Crippen LogP contribution in [0.15, 0.2) is 11.6 Å². The van der Waals surface area contributed by atoms with E-state index in [1.54, 1.807) is 5.57 Å². The third kappa shape index (κ3) is 4.28. The number of aliphatic hydroxyl groups excluding tert-OH is 2. The summed E-state index contributed by atoms with van der Waals surface area (Å²) in [5.41, 5.74) is 1.72. The molecule has 3 nitrogen and oxygen atoms in total. The molecule has 3 N–H and O–H groups in total. The van der Waals surface area contributed by atoms with Crippen LogP contribution in [0.25, 0.3) is 0 Å². The lowest BCUT2D eigenvalue weighted by Gasteiger charge is -2.58. The van der Waals surface area contributed by atoms with Gasteiger partial charge in [0.15, 0.2) is 0 Å². The topological polar surface area (TPSA) is 60.7 Å². The molecule has 9 unspecified atom stereocenters. The highest BCUT2D eigenvalue weighted by atomic mass is 16.3. The molecule has 31 heavy (non-hydrogen) atoms. The second-order valence-electron chi connectivity index (χ2n) is 12.7. The Labute approximate surface area is 190 Å². The summed E-state index contributed by atoms with van der Waals surface area (Å²) in [6.07, 6.45) is 15.5. The van der Waals surface area contributed by atoms with E-state index in [1.165, 1.54) is 38.5 Å². The number of rotatable bonds is 7. The minimum atomic E-state index is -0.641. The molecular formula is C28H48O3. The van der Waals surface area contributed by atoms with Crippen molar-refractivity contribution in [2.45, 2.75) is 116 Å². The van der Waals surface area contributed by atoms with Crippen molar-refractivity contribution in [2.75, 3.05) is 6.61 Å². The molecule has 0 aromatic carbocycles. The maximum Gasteiger partial charge on any atom is 0.0620 e. The summed E-state index contributed by atoms with van der Waals surface area (Å²) in [5.74, 6) is 3.91. The zero-order valence-corrected chi connectivity index (χ0v) is 20.6. The van der Waals surface area contributed by atoms with Crippen molar-refractivity contribution in [3.05, 3.63) is 11.6 Å². The van der Waals surface area contributed by atoms with E-state index in [1.807, 2.05) is 6.92 Å². The summed E-state index contributed by atoms with van der Waals surface area (Å²) in [6, 6.07) is 0. The fourth-order valence-electron chi connectivity index (χ4n) is 8.94. The van der Waals surface area contributed by atoms with Crippen LogP contribution in [0.2, 0.25) is 0 Å². The number of hydrogen-bond acceptors (Lipinski definition) is 3. The van der Waals surface area contributed by atoms with Crippen molar-refractivity contribution in [1.82, 2.24) is 0 Å². The molecular weight excluding hydrogens is 384 g/mol. The number of hydrogen-bond donors (Lipinski definition) is 3. The molecule has 178 valence electrons. The monoisotopic (exact) mass is 432 g/mol. The van der Waals surface area contributed by atoms with E-state index in [2.05, 4.69) is 26.8 Å². The van der Waals surface area contributed by atoms with Gasteiger partial charge in [-0.3, -0.25) is 0 Å². The molecule has 3 fully saturated rings. The molecule has 0 heterocycles. The van der Waals surface area contributed by atoms with E-state index >= 15 is 0 Å². The van der Waals surface area contributed by atoms with E-state index in [9.17, 15) is 10.2 Å². The zero-order valence-electron chi connectivity index (χ0n) is 20.6. The highest BCUT2D eigenvalue weighted by Gasteiger charge is 2.59. The Kier molecular flexibility index (Phi) is 6.72. The van der Waals surface area contributed by atoms with E-state index in [0.29, 0.717) is 29.6 Å². The normalized spacial score (nSPS) is 45.1. The third-order valence-electron chi connectivity index (χ3n) is 10.8. The Balaban J connectivity index is 1.45. The van der Waals surface area contributed by atoms with Gasteiger partial charge in [0.2, 0.25) is 0 Å². The predicted octanol–water partition coefficient (Wildman–Crippen LogP) is 5.87. The number of allylic oxidation sites excluding steroid dienone is 1. The van der Waals surface area contributed by atoms with Crippen LogP contribution >= 0.6 is 0 Å². The fourth-order valence-corrected chi connectivity index (χ4v) is 8.94. The number of fused-ring (bicyclic) bond motifs is 5. The van der Waals surface area contributed by atoms with Gasteiger partial charge >= 0.3 is 0 Å². The van der Waals surface area contributed by atoms with Gasteiger partial charge in [0.05, 0.1) is 11.7 Å². The van der Waals surface area contributed by atoms with Gasteiger partial charge in [-0.15, -0.1) is 0 Å². The first kappa shape index (κ1) is 23.8. The molecule has 4 rings (SSSR count). The maximum absolute atomic E-state index is 10.7. The summed E-state index contributed by atoms with van der Waals surface area (Å²) in [4.78, 5) is 0. The second kappa shape index (κ2) is 8.76. The molecule has 3 heteroatoms. The fraction of sp³-hybridized carbons (Fsp3) is 0.929. The molecule has 0 amide bonds. The lowest BCUT2D eigenvalue weighted by molar-refractivity contribution is -0.0590. The van der Waals surface area contributed by atoms with Crippen molar-refractivity contribution < 1.29 is 15.3 Å². The molecule has 0 aromatic rings. The van der Waals surface area contributed by atoms with Crippen molar-refractivity contribution in [3.63, 3.8) is 0 Å². The molecule has 0 radical (unpaired) electrons. The second-order valence-corrected chi connectivity index (χ2v) is 12.7. The molecule has 0 spiro atoms. The van der Waals surface area contributed by atoms with Crippen LogP contribution in [0.4, 0.5) is 0 Å². The third-order valence-corrected chi connectivity index (χ3v) is 10.8. The van der Waals surface area contributed by atoms with Gasteiger partial charge in [0.25, 0.3) is 0 Å². The first-order chi connectivity index (χ1) is 14.6. The Bertz CT molecular complexity index is 669. The van der Waals surface area contributed by atoms with Crippen molar-refractivity contribution >= 4 is 0 Å². The Morgan fingerprint density at radius 1 is 1.10 bits per heavy atom. The zero-order chi connectivity index (χ0) is 22.4. The summed E-state index contributed by atoms with van der Waals surface area (Å²) in [7, 11) is 0. The molecule has 0 aromatic heterocycles.